The Morgan fingerprint density at radius 2 is 1.62 bits per heavy atom. The second-order valence-corrected chi connectivity index (χ2v) is 3.11. The molecule has 0 radical (unpaired) electrons. The summed E-state index contributed by atoms with van der Waals surface area (Å²) in [5.41, 5.74) is 1.14. The molecule has 1 nitrogen and oxygen atoms in total. The van der Waals surface area contributed by atoms with Crippen molar-refractivity contribution in [1.82, 2.24) is 0 Å². The van der Waals surface area contributed by atoms with Gasteiger partial charge in [-0.15, -0.1) is 12.1 Å². The van der Waals surface area contributed by atoms with E-state index in [2.05, 4.69) is 0 Å². The molecule has 0 fully saturated rings. The van der Waals surface area contributed by atoms with Gasteiger partial charge in [0.25, 0.3) is 0 Å². The zero-order valence-electron chi connectivity index (χ0n) is 8.69. The molecule has 0 bridgehead atoms. The number of furan rings is 1. The summed E-state index contributed by atoms with van der Waals surface area (Å²) in [7, 11) is 0. The largest absolute Gasteiger partial charge is 2.00 e. The number of hydrogen-bond donors (Lipinski definition) is 0. The van der Waals surface area contributed by atoms with Gasteiger partial charge in [0.15, 0.2) is 0 Å². The Morgan fingerprint density at radius 1 is 0.938 bits per heavy atom. The summed E-state index contributed by atoms with van der Waals surface area (Å²) < 4.78 is 5.18. The van der Waals surface area contributed by atoms with Crippen LogP contribution in [0, 0.1) is 0 Å². The van der Waals surface area contributed by atoms with Gasteiger partial charge in [-0.25, -0.2) is 12.1 Å². The quantitative estimate of drug-likeness (QED) is 0.470. The van der Waals surface area contributed by atoms with Crippen molar-refractivity contribution in [3.63, 3.8) is 0 Å². The Balaban J connectivity index is 0.000000183. The van der Waals surface area contributed by atoms with Gasteiger partial charge in [0.05, 0.1) is 12.0 Å². The molecule has 1 heterocycles. The van der Waals surface area contributed by atoms with Gasteiger partial charge in [-0.05, 0) is 0 Å². The van der Waals surface area contributed by atoms with E-state index in [0.29, 0.717) is 0 Å². The molecule has 0 N–H and O–H groups in total. The number of rotatable bonds is 1. The standard InChI is InChI=1S/C9H7O.C5H5.Fe/c1-2-5-8(4-1)9-6-3-7-10-9;1-2-4-5-3-1;/h1-7H;1-5H;/q2*-1;+2. The summed E-state index contributed by atoms with van der Waals surface area (Å²) in [6, 6.07) is 21.9. The maximum absolute atomic E-state index is 5.18. The third-order valence-electron chi connectivity index (χ3n) is 2.02. The molecule has 3 aromatic rings. The maximum atomic E-state index is 5.18. The molecule has 0 spiro atoms. The minimum absolute atomic E-state index is 0. The first-order valence-corrected chi connectivity index (χ1v) is 4.89. The van der Waals surface area contributed by atoms with Crippen molar-refractivity contribution in [2.45, 2.75) is 0 Å². The van der Waals surface area contributed by atoms with Gasteiger partial charge in [-0.1, -0.05) is 17.7 Å². The van der Waals surface area contributed by atoms with Crippen LogP contribution >= 0.6 is 0 Å². The Hall–Kier alpha value is -1.50. The first kappa shape index (κ1) is 12.6. The van der Waals surface area contributed by atoms with Gasteiger partial charge in [0.1, 0.15) is 0 Å². The second-order valence-electron chi connectivity index (χ2n) is 3.11. The molecular weight excluding hydrogens is 240 g/mol. The first-order chi connectivity index (χ1) is 7.47. The Kier molecular flexibility index (Phi) is 5.41. The van der Waals surface area contributed by atoms with Gasteiger partial charge in [-0.2, -0.15) is 30.3 Å². The molecule has 2 aromatic carbocycles. The van der Waals surface area contributed by atoms with E-state index >= 15 is 0 Å². The van der Waals surface area contributed by atoms with Crippen molar-refractivity contribution >= 4 is 0 Å². The maximum Gasteiger partial charge on any atom is 2.00 e. The molecule has 0 aliphatic heterocycles. The summed E-state index contributed by atoms with van der Waals surface area (Å²) in [5.74, 6) is 0.935. The van der Waals surface area contributed by atoms with Crippen LogP contribution in [-0.4, -0.2) is 0 Å². The van der Waals surface area contributed by atoms with E-state index in [4.69, 9.17) is 4.42 Å². The van der Waals surface area contributed by atoms with Crippen LogP contribution in [0.25, 0.3) is 11.3 Å². The predicted octanol–water partition coefficient (Wildman–Crippen LogP) is 4.07. The molecular formula is C14H12FeO. The molecule has 0 aliphatic rings. The smallest absolute Gasteiger partial charge is 0.485 e. The molecule has 3 rings (SSSR count). The molecule has 0 saturated heterocycles. The summed E-state index contributed by atoms with van der Waals surface area (Å²) in [6.07, 6.45) is 1.68. The van der Waals surface area contributed by atoms with Crippen molar-refractivity contribution in [1.29, 1.82) is 0 Å². The Labute approximate surface area is 106 Å². The zero-order valence-corrected chi connectivity index (χ0v) is 9.79. The summed E-state index contributed by atoms with van der Waals surface area (Å²) in [5, 5.41) is 0. The van der Waals surface area contributed by atoms with Crippen LogP contribution in [-0.2, 0) is 17.1 Å². The third kappa shape index (κ3) is 3.58. The molecule has 1 aromatic heterocycles. The summed E-state index contributed by atoms with van der Waals surface area (Å²) >= 11 is 0. The topological polar surface area (TPSA) is 13.1 Å². The normalized spacial score (nSPS) is 8.75. The van der Waals surface area contributed by atoms with Gasteiger partial charge >= 0.3 is 17.1 Å². The molecule has 2 heteroatoms. The van der Waals surface area contributed by atoms with Crippen LogP contribution < -0.4 is 0 Å². The van der Waals surface area contributed by atoms with Crippen LogP contribution in [0.5, 0.6) is 0 Å². The van der Waals surface area contributed by atoms with Crippen molar-refractivity contribution in [2.24, 2.45) is 0 Å². The van der Waals surface area contributed by atoms with Crippen LogP contribution in [0.4, 0.5) is 0 Å². The first-order valence-electron chi connectivity index (χ1n) is 4.89. The van der Waals surface area contributed by atoms with E-state index < -0.39 is 0 Å². The van der Waals surface area contributed by atoms with Gasteiger partial charge in [-0.3, -0.25) is 0 Å². The SMILES string of the molecule is [Fe+2].c1cc[cH-]c1.c1coc(-[c-]2cccc2)c1. The Morgan fingerprint density at radius 3 is 2.06 bits per heavy atom. The molecule has 0 atom stereocenters. The van der Waals surface area contributed by atoms with Gasteiger partial charge in [0, 0.05) is 0 Å². The van der Waals surface area contributed by atoms with Crippen LogP contribution in [0.2, 0.25) is 0 Å². The zero-order chi connectivity index (χ0) is 10.3. The van der Waals surface area contributed by atoms with Gasteiger partial charge in [0.2, 0.25) is 0 Å². The summed E-state index contributed by atoms with van der Waals surface area (Å²) in [6.45, 7) is 0. The number of hydrogen-bond acceptors (Lipinski definition) is 1. The average Bonchev–Trinajstić information content (AvgIpc) is 3.06. The van der Waals surface area contributed by atoms with E-state index in [1.807, 2.05) is 66.7 Å². The molecule has 0 amide bonds. The molecule has 0 aliphatic carbocycles. The average molecular weight is 252 g/mol. The molecule has 0 saturated carbocycles. The Bertz CT molecular complexity index is 385. The van der Waals surface area contributed by atoms with Crippen LogP contribution in [0.15, 0.2) is 77.4 Å². The van der Waals surface area contributed by atoms with E-state index in [0.717, 1.165) is 11.3 Å². The van der Waals surface area contributed by atoms with E-state index in [1.54, 1.807) is 6.26 Å². The molecule has 0 unspecified atom stereocenters. The predicted molar refractivity (Wildman–Crippen MR) is 61.8 cm³/mol. The van der Waals surface area contributed by atoms with Gasteiger partial charge < -0.3 is 4.42 Å². The van der Waals surface area contributed by atoms with Crippen molar-refractivity contribution in [3.05, 3.63) is 73.0 Å². The van der Waals surface area contributed by atoms with Crippen molar-refractivity contribution in [3.8, 4) is 11.3 Å². The summed E-state index contributed by atoms with van der Waals surface area (Å²) in [4.78, 5) is 0. The molecule has 16 heavy (non-hydrogen) atoms. The second kappa shape index (κ2) is 6.89. The third-order valence-corrected chi connectivity index (χ3v) is 2.02. The van der Waals surface area contributed by atoms with E-state index in [1.165, 1.54) is 0 Å². The fraction of sp³-hybridized carbons (Fsp3) is 0. The van der Waals surface area contributed by atoms with Crippen LogP contribution in [0.3, 0.4) is 0 Å². The van der Waals surface area contributed by atoms with Crippen molar-refractivity contribution in [2.75, 3.05) is 0 Å². The minimum atomic E-state index is 0. The molecule has 82 valence electrons. The fourth-order valence-electron chi connectivity index (χ4n) is 1.30. The van der Waals surface area contributed by atoms with E-state index in [-0.39, 0.29) is 17.1 Å². The fourth-order valence-corrected chi connectivity index (χ4v) is 1.30. The van der Waals surface area contributed by atoms with Crippen molar-refractivity contribution < 1.29 is 21.5 Å². The monoisotopic (exact) mass is 252 g/mol. The minimum Gasteiger partial charge on any atom is -0.485 e. The van der Waals surface area contributed by atoms with E-state index in [9.17, 15) is 0 Å². The van der Waals surface area contributed by atoms with Crippen LogP contribution in [0.1, 0.15) is 0 Å².